The summed E-state index contributed by atoms with van der Waals surface area (Å²) in [5.74, 6) is 10.7. The minimum absolute atomic E-state index is 0.234. The molecule has 0 aliphatic rings. The minimum Gasteiger partial charge on any atom is -0.504 e. The Morgan fingerprint density at radius 1 is 0.349 bits per heavy atom. The Morgan fingerprint density at radius 2 is 0.606 bits per heavy atom. The summed E-state index contributed by atoms with van der Waals surface area (Å²) in [6.07, 6.45) is 7.42. The van der Waals surface area contributed by atoms with Crippen LogP contribution in [-0.2, 0) is 56.5 Å². The van der Waals surface area contributed by atoms with Crippen molar-refractivity contribution in [3.8, 4) is 40.6 Å². The summed E-state index contributed by atoms with van der Waals surface area (Å²) in [6, 6.07) is 48.8. The van der Waals surface area contributed by atoms with Gasteiger partial charge in [-0.2, -0.15) is 10.3 Å². The maximum Gasteiger partial charge on any atom is 0.234 e. The molecule has 0 saturated heterocycles. The smallest absolute Gasteiger partial charge is 0.234 e. The van der Waals surface area contributed by atoms with Crippen molar-refractivity contribution in [3.05, 3.63) is 248 Å². The number of hydrogen-bond donors (Lipinski definition) is 5. The number of aromatic nitrogens is 12. The lowest BCUT2D eigenvalue weighted by Gasteiger charge is -2.17. The quantitative estimate of drug-likeness (QED) is 0.0351. The van der Waals surface area contributed by atoms with E-state index in [-0.39, 0.29) is 5.75 Å². The number of aryl methyl sites for hydroxylation is 14. The molecule has 0 amide bonds. The van der Waals surface area contributed by atoms with Crippen molar-refractivity contribution < 1.29 is 38.7 Å². The van der Waals surface area contributed by atoms with Gasteiger partial charge in [0, 0.05) is 65.2 Å². The molecule has 0 bridgehead atoms. The fraction of sp³-hybridized carbons (Fsp3) is 0.381. The third-order valence-electron chi connectivity index (χ3n) is 16.2. The molecule has 0 saturated carbocycles. The topological polar surface area (TPSA) is 304 Å². The first kappa shape index (κ1) is 90.8. The van der Waals surface area contributed by atoms with Gasteiger partial charge in [-0.05, 0) is 141 Å². The van der Waals surface area contributed by atoms with Gasteiger partial charge in [0.15, 0.2) is 28.7 Å². The fourth-order valence-electron chi connectivity index (χ4n) is 11.0. The first-order chi connectivity index (χ1) is 52.4. The average Bonchev–Trinajstić information content (AvgIpc) is 1.73. The van der Waals surface area contributed by atoms with Crippen LogP contribution in [0.1, 0.15) is 155 Å². The third-order valence-corrected chi connectivity index (χ3v) is 16.2. The molecule has 4 aromatic carbocycles. The largest absolute Gasteiger partial charge is 0.504 e. The molecular weight excluding hydrogens is 1400 g/mol. The van der Waals surface area contributed by atoms with E-state index >= 15 is 0 Å². The summed E-state index contributed by atoms with van der Waals surface area (Å²) in [7, 11) is 9.69. The number of aromatic hydroxyl groups is 1. The molecule has 0 unspecified atom stereocenters. The Bertz CT molecular complexity index is 4370. The Balaban J connectivity index is 0.000000284. The number of halogens is 1. The summed E-state index contributed by atoms with van der Waals surface area (Å²) in [5.41, 5.74) is 23.3. The molecule has 11 aromatic rings. The van der Waals surface area contributed by atoms with E-state index in [0.717, 1.165) is 197 Å². The van der Waals surface area contributed by atoms with Crippen molar-refractivity contribution in [2.75, 3.05) is 57.9 Å². The number of nitrogens with zero attached hydrogens (tertiary/aromatic N) is 14. The van der Waals surface area contributed by atoms with Crippen molar-refractivity contribution in [2.24, 2.45) is 5.90 Å². The van der Waals surface area contributed by atoms with E-state index in [1.165, 1.54) is 0 Å². The van der Waals surface area contributed by atoms with Crippen LogP contribution >= 0.6 is 11.9 Å². The van der Waals surface area contributed by atoms with Crippen molar-refractivity contribution in [1.29, 1.82) is 0 Å². The summed E-state index contributed by atoms with van der Waals surface area (Å²) in [4.78, 5) is 48.6. The zero-order valence-electron chi connectivity index (χ0n) is 67.5. The number of nitrogen functional groups attached to an aromatic ring is 1. The number of aliphatic hydroxyl groups is 2. The standard InChI is InChI=1S/C21H25N3O.C19H21N3O.C17H23N3O.C15H19N3O.C10H17N3O.2CH4O.ClH2NO/c1-5-9-19-20(25-14-18-10-7-6-8-11-18)17(4)22-21(23-19)24-15(2)12-13-16(24)3;1-13-10-11-14(2)22(13)19-20-15(3)18(16(4)21-19)23-12-17-8-6-5-7-9-17;1-5-9-15-16(13(2)18-17(19-15)20(3)4)21-12-14-10-7-6-8-11-14;1-3-7-13-14(11(2)17-15(16)18-13)19-10-12-8-5-4-6-9-12;1-5-6-8-9(14)7(2)11-10(12-8)13(3)4;2*1-2;1-3-2/h6-8,10-13H,5,9,14H2,1-4H3;5-11H,12H2,1-4H3;6-8,10-11H,5,9,12H2,1-4H3;4-6,8-9H,3,7,10H2,1-2H3,(H2,16,17,18);14H,5-6H2,1-4H3;2*2H,1H3;2H2. The fourth-order valence-corrected chi connectivity index (χ4v) is 11.0. The van der Waals surface area contributed by atoms with Crippen LogP contribution in [0.2, 0.25) is 0 Å². The van der Waals surface area contributed by atoms with E-state index in [9.17, 15) is 5.11 Å². The highest BCUT2D eigenvalue weighted by Gasteiger charge is 2.19. The molecule has 0 radical (unpaired) electrons. The van der Waals surface area contributed by atoms with E-state index in [2.05, 4.69) is 175 Å². The highest BCUT2D eigenvalue weighted by Crippen LogP contribution is 2.30. The van der Waals surface area contributed by atoms with Gasteiger partial charge >= 0.3 is 0 Å². The Hall–Kier alpha value is -10.6. The average molecular weight is 1510 g/mol. The number of anilines is 3. The van der Waals surface area contributed by atoms with Crippen LogP contribution in [0.3, 0.4) is 0 Å². The zero-order valence-corrected chi connectivity index (χ0v) is 68.3. The SMILES string of the molecule is CCCc1nc(-n2c(C)ccc2C)nc(C)c1OCc1ccccc1.CCCc1nc(N(C)C)nc(C)c1O.CCCc1nc(N(C)C)nc(C)c1OCc1ccccc1.CCCc1nc(N)nc(C)c1OCc1ccccc1.CO.CO.Cc1nc(-n2c(C)ccc2C)nc(C)c1OCc1ccccc1.NOCl. The second-order valence-corrected chi connectivity index (χ2v) is 25.7. The predicted octanol–water partition coefficient (Wildman–Crippen LogP) is 15.8. The third kappa shape index (κ3) is 28.8. The van der Waals surface area contributed by atoms with Gasteiger partial charge in [0.2, 0.25) is 29.7 Å². The number of benzene rings is 4. The summed E-state index contributed by atoms with van der Waals surface area (Å²) in [5, 5.41) is 23.7. The molecule has 0 fully saturated rings. The second kappa shape index (κ2) is 48.6. The summed E-state index contributed by atoms with van der Waals surface area (Å²) in [6.45, 7) is 30.5. The Labute approximate surface area is 650 Å². The number of ether oxygens (including phenoxy) is 4. The van der Waals surface area contributed by atoms with Gasteiger partial charge in [0.25, 0.3) is 0 Å². The highest BCUT2D eigenvalue weighted by atomic mass is 35.5. The van der Waals surface area contributed by atoms with Gasteiger partial charge in [-0.3, -0.25) is 9.13 Å². The van der Waals surface area contributed by atoms with Crippen molar-refractivity contribution in [3.63, 3.8) is 0 Å². The van der Waals surface area contributed by atoms with Crippen LogP contribution in [0.5, 0.6) is 28.7 Å². The molecule has 7 heterocycles. The van der Waals surface area contributed by atoms with Crippen LogP contribution in [0.25, 0.3) is 11.9 Å². The van der Waals surface area contributed by atoms with E-state index in [0.29, 0.717) is 50.0 Å². The number of aliphatic hydroxyl groups excluding tert-OH is 2. The van der Waals surface area contributed by atoms with E-state index in [1.807, 2.05) is 170 Å². The molecule has 24 nitrogen and oxygen atoms in total. The molecule has 0 aliphatic carbocycles. The van der Waals surface area contributed by atoms with Crippen molar-refractivity contribution in [2.45, 2.75) is 175 Å². The van der Waals surface area contributed by atoms with Crippen molar-refractivity contribution in [1.82, 2.24) is 59.0 Å². The first-order valence-electron chi connectivity index (χ1n) is 36.4. The number of hydrogen-bond acceptors (Lipinski definition) is 22. The minimum atomic E-state index is 0.234. The van der Waals surface area contributed by atoms with Crippen LogP contribution in [-0.4, -0.2) is 117 Å². The van der Waals surface area contributed by atoms with Crippen molar-refractivity contribution >= 4 is 29.7 Å². The molecular formula is C84H115ClN16O8. The molecule has 586 valence electrons. The molecule has 0 spiro atoms. The van der Waals surface area contributed by atoms with Crippen LogP contribution in [0, 0.1) is 69.2 Å². The zero-order chi connectivity index (χ0) is 80.5. The molecule has 0 aliphatic heterocycles. The van der Waals surface area contributed by atoms with Gasteiger partial charge in [0.05, 0.1) is 68.8 Å². The molecule has 109 heavy (non-hydrogen) atoms. The molecule has 7 N–H and O–H groups in total. The normalized spacial score (nSPS) is 10.2. The van der Waals surface area contributed by atoms with E-state index in [4.69, 9.17) is 44.9 Å². The lowest BCUT2D eigenvalue weighted by molar-refractivity contribution is 0.297. The Kier molecular flexibility index (Phi) is 40.5. The van der Waals surface area contributed by atoms with Gasteiger partial charge in [0.1, 0.15) is 26.4 Å². The maximum absolute atomic E-state index is 9.69. The predicted molar refractivity (Wildman–Crippen MR) is 437 cm³/mol. The van der Waals surface area contributed by atoms with Crippen LogP contribution in [0.15, 0.2) is 146 Å². The Morgan fingerprint density at radius 3 is 0.936 bits per heavy atom. The maximum atomic E-state index is 9.69. The number of nitrogens with two attached hydrogens (primary N) is 2. The summed E-state index contributed by atoms with van der Waals surface area (Å²) >= 11 is 4.28. The molecule has 7 aromatic heterocycles. The lowest BCUT2D eigenvalue weighted by atomic mass is 10.2. The highest BCUT2D eigenvalue weighted by molar-refractivity contribution is 6.07. The summed E-state index contributed by atoms with van der Waals surface area (Å²) < 4.78 is 31.3. The molecule has 11 rings (SSSR count). The lowest BCUT2D eigenvalue weighted by Crippen LogP contribution is -2.15. The van der Waals surface area contributed by atoms with E-state index in [1.54, 1.807) is 6.92 Å². The van der Waals surface area contributed by atoms with Gasteiger partial charge < -0.3 is 49.8 Å². The monoisotopic (exact) mass is 1510 g/mol. The van der Waals surface area contributed by atoms with Crippen LogP contribution in [0.4, 0.5) is 17.8 Å². The molecule has 25 heteroatoms. The van der Waals surface area contributed by atoms with Gasteiger partial charge in [-0.15, -0.1) is 0 Å². The van der Waals surface area contributed by atoms with Gasteiger partial charge in [-0.1, -0.05) is 175 Å². The molecule has 0 atom stereocenters. The van der Waals surface area contributed by atoms with E-state index < -0.39 is 0 Å². The van der Waals surface area contributed by atoms with Crippen LogP contribution < -0.4 is 40.4 Å². The van der Waals surface area contributed by atoms with Gasteiger partial charge in [-0.25, -0.2) is 49.8 Å². The second-order valence-electron chi connectivity index (χ2n) is 25.5. The number of rotatable bonds is 24. The first-order valence-corrected chi connectivity index (χ1v) is 36.7.